The molecule has 1 fully saturated rings. The highest BCUT2D eigenvalue weighted by Crippen LogP contribution is 2.24. The maximum Gasteiger partial charge on any atom is 0.350 e. The van der Waals surface area contributed by atoms with E-state index in [0.29, 0.717) is 10.8 Å². The van der Waals surface area contributed by atoms with E-state index in [1.54, 1.807) is 18.2 Å². The Hall–Kier alpha value is -2.80. The molecule has 0 radical (unpaired) electrons. The number of hydrogen-bond acceptors (Lipinski definition) is 6. The summed E-state index contributed by atoms with van der Waals surface area (Å²) >= 11 is 5.85. The van der Waals surface area contributed by atoms with Crippen molar-refractivity contribution in [3.05, 3.63) is 47.1 Å². The largest absolute Gasteiger partial charge is 0.419 e. The molecule has 2 N–H and O–H groups in total. The highest BCUT2D eigenvalue weighted by molar-refractivity contribution is 6.30. The first-order valence-corrected chi connectivity index (χ1v) is 7.46. The van der Waals surface area contributed by atoms with Crippen LogP contribution in [-0.2, 0) is 19.1 Å². The lowest BCUT2D eigenvalue weighted by Crippen LogP contribution is -2.42. The Kier molecular flexibility index (Phi) is 4.02. The fourth-order valence-corrected chi connectivity index (χ4v) is 2.22. The van der Waals surface area contributed by atoms with E-state index in [1.165, 1.54) is 20.0 Å². The average molecular weight is 348 g/mol. The second-order valence-electron chi connectivity index (χ2n) is 5.55. The van der Waals surface area contributed by atoms with Crippen molar-refractivity contribution >= 4 is 29.4 Å². The van der Waals surface area contributed by atoms with Crippen LogP contribution in [0.1, 0.15) is 13.8 Å². The van der Waals surface area contributed by atoms with Crippen LogP contribution in [0.2, 0.25) is 5.02 Å². The molecule has 8 heteroatoms. The predicted molar refractivity (Wildman–Crippen MR) is 87.0 cm³/mol. The van der Waals surface area contributed by atoms with Gasteiger partial charge in [-0.05, 0) is 17.7 Å². The first-order chi connectivity index (χ1) is 11.3. The van der Waals surface area contributed by atoms with Crippen LogP contribution >= 0.6 is 11.6 Å². The number of esters is 2. The number of aromatic amines is 1. The van der Waals surface area contributed by atoms with E-state index >= 15 is 0 Å². The topological polar surface area (TPSA) is 93.3 Å². The van der Waals surface area contributed by atoms with Crippen LogP contribution in [0.4, 0.5) is 5.82 Å². The van der Waals surface area contributed by atoms with Crippen LogP contribution in [0.25, 0.3) is 11.3 Å². The normalized spacial score (nSPS) is 16.4. The van der Waals surface area contributed by atoms with Crippen molar-refractivity contribution in [2.75, 3.05) is 5.32 Å². The summed E-state index contributed by atoms with van der Waals surface area (Å²) < 4.78 is 10.00. The monoisotopic (exact) mass is 347 g/mol. The summed E-state index contributed by atoms with van der Waals surface area (Å²) in [5.41, 5.74) is 1.42. The summed E-state index contributed by atoms with van der Waals surface area (Å²) in [5, 5.41) is 10.3. The maximum absolute atomic E-state index is 11.8. The number of rotatable bonds is 3. The Bertz CT molecular complexity index is 802. The Morgan fingerprint density at radius 2 is 1.79 bits per heavy atom. The van der Waals surface area contributed by atoms with Crippen LogP contribution in [0.3, 0.4) is 0 Å². The van der Waals surface area contributed by atoms with Crippen molar-refractivity contribution in [1.29, 1.82) is 0 Å². The number of nitrogens with one attached hydrogen (secondary N) is 2. The summed E-state index contributed by atoms with van der Waals surface area (Å²) in [4.78, 5) is 23.7. The molecule has 3 rings (SSSR count). The molecule has 0 spiro atoms. The molecule has 0 aliphatic carbocycles. The highest BCUT2D eigenvalue weighted by atomic mass is 35.5. The quantitative estimate of drug-likeness (QED) is 0.504. The molecule has 1 aliphatic heterocycles. The van der Waals surface area contributed by atoms with Gasteiger partial charge in [0, 0.05) is 31.1 Å². The van der Waals surface area contributed by atoms with Crippen molar-refractivity contribution in [2.24, 2.45) is 0 Å². The van der Waals surface area contributed by atoms with E-state index in [2.05, 4.69) is 15.5 Å². The van der Waals surface area contributed by atoms with Crippen LogP contribution in [0.5, 0.6) is 0 Å². The van der Waals surface area contributed by atoms with Crippen molar-refractivity contribution in [3.8, 4) is 11.3 Å². The van der Waals surface area contributed by atoms with Crippen molar-refractivity contribution in [1.82, 2.24) is 10.2 Å². The molecule has 1 aromatic carbocycles. The molecule has 1 aliphatic rings. The number of ether oxygens (including phenoxy) is 2. The standard InChI is InChI=1S/C16H14ClN3O4/c1-16(2)23-14(21)11(15(22)24-16)8-18-13-7-12(19-20-13)9-3-5-10(17)6-4-9/h3-8H,1-2H3,(H2,18,19,20). The van der Waals surface area contributed by atoms with Gasteiger partial charge in [-0.2, -0.15) is 5.10 Å². The molecular weight excluding hydrogens is 334 g/mol. The third kappa shape index (κ3) is 3.41. The van der Waals surface area contributed by atoms with E-state index in [-0.39, 0.29) is 5.57 Å². The number of nitrogens with zero attached hydrogens (tertiary/aromatic N) is 1. The molecule has 0 atom stereocenters. The molecule has 24 heavy (non-hydrogen) atoms. The van der Waals surface area contributed by atoms with Crippen molar-refractivity contribution in [3.63, 3.8) is 0 Å². The first kappa shape index (κ1) is 16.1. The third-order valence-electron chi connectivity index (χ3n) is 3.21. The van der Waals surface area contributed by atoms with Crippen LogP contribution < -0.4 is 5.32 Å². The molecule has 7 nitrogen and oxygen atoms in total. The number of carbonyl (C=O) groups is 2. The molecular formula is C16H14ClN3O4. The van der Waals surface area contributed by atoms with Gasteiger partial charge in [-0.3, -0.25) is 5.10 Å². The Balaban J connectivity index is 1.74. The van der Waals surface area contributed by atoms with Crippen LogP contribution in [0.15, 0.2) is 42.1 Å². The van der Waals surface area contributed by atoms with Gasteiger partial charge in [-0.25, -0.2) is 9.59 Å². The van der Waals surface area contributed by atoms with Gasteiger partial charge >= 0.3 is 11.9 Å². The number of aromatic nitrogens is 2. The predicted octanol–water partition coefficient (Wildman–Crippen LogP) is 2.86. The van der Waals surface area contributed by atoms with Crippen molar-refractivity contribution in [2.45, 2.75) is 19.6 Å². The molecule has 0 bridgehead atoms. The lowest BCUT2D eigenvalue weighted by molar-refractivity contribution is -0.222. The summed E-state index contributed by atoms with van der Waals surface area (Å²) in [6.45, 7) is 2.97. The van der Waals surface area contributed by atoms with E-state index in [0.717, 1.165) is 11.3 Å². The van der Waals surface area contributed by atoms with Gasteiger partial charge in [0.1, 0.15) is 0 Å². The molecule has 0 saturated carbocycles. The number of carbonyl (C=O) groups excluding carboxylic acids is 2. The van der Waals surface area contributed by atoms with Crippen molar-refractivity contribution < 1.29 is 19.1 Å². The van der Waals surface area contributed by atoms with E-state index < -0.39 is 17.7 Å². The Morgan fingerprint density at radius 3 is 2.42 bits per heavy atom. The number of cyclic esters (lactones) is 2. The van der Waals surface area contributed by atoms with Crippen LogP contribution in [-0.4, -0.2) is 27.9 Å². The van der Waals surface area contributed by atoms with E-state index in [4.69, 9.17) is 21.1 Å². The number of halogens is 1. The minimum Gasteiger partial charge on any atom is -0.419 e. The molecule has 2 heterocycles. The third-order valence-corrected chi connectivity index (χ3v) is 3.47. The van der Waals surface area contributed by atoms with Gasteiger partial charge in [0.25, 0.3) is 5.79 Å². The number of benzene rings is 1. The minimum atomic E-state index is -1.26. The fourth-order valence-electron chi connectivity index (χ4n) is 2.10. The second kappa shape index (κ2) is 6.01. The van der Waals surface area contributed by atoms with Crippen LogP contribution in [0, 0.1) is 0 Å². The number of anilines is 1. The number of hydrogen-bond donors (Lipinski definition) is 2. The van der Waals surface area contributed by atoms with E-state index in [9.17, 15) is 9.59 Å². The zero-order valence-corrected chi connectivity index (χ0v) is 13.7. The first-order valence-electron chi connectivity index (χ1n) is 7.09. The Morgan fingerprint density at radius 1 is 1.17 bits per heavy atom. The summed E-state index contributed by atoms with van der Waals surface area (Å²) in [5.74, 6) is -2.34. The SMILES string of the molecule is CC1(C)OC(=O)C(=CNc2cc(-c3ccc(Cl)cc3)[nH]n2)C(=O)O1. The van der Waals surface area contributed by atoms with Gasteiger partial charge < -0.3 is 14.8 Å². The fraction of sp³-hybridized carbons (Fsp3) is 0.188. The van der Waals surface area contributed by atoms with Gasteiger partial charge in [0.2, 0.25) is 0 Å². The van der Waals surface area contributed by atoms with Gasteiger partial charge in [0.15, 0.2) is 11.4 Å². The summed E-state index contributed by atoms with van der Waals surface area (Å²) in [7, 11) is 0. The lowest BCUT2D eigenvalue weighted by Gasteiger charge is -2.29. The zero-order valence-electron chi connectivity index (χ0n) is 12.9. The average Bonchev–Trinajstić information content (AvgIpc) is 2.95. The second-order valence-corrected chi connectivity index (χ2v) is 5.99. The Labute approximate surface area is 142 Å². The van der Waals surface area contributed by atoms with Gasteiger partial charge in [0.05, 0.1) is 5.69 Å². The summed E-state index contributed by atoms with van der Waals surface area (Å²) in [6, 6.07) is 8.95. The smallest absolute Gasteiger partial charge is 0.350 e. The molecule has 124 valence electrons. The molecule has 0 unspecified atom stereocenters. The van der Waals surface area contributed by atoms with Gasteiger partial charge in [-0.1, -0.05) is 23.7 Å². The highest BCUT2D eigenvalue weighted by Gasteiger charge is 2.38. The number of H-pyrrole nitrogens is 1. The molecule has 1 aromatic heterocycles. The van der Waals surface area contributed by atoms with Gasteiger partial charge in [-0.15, -0.1) is 0 Å². The zero-order chi connectivity index (χ0) is 17.3. The van der Waals surface area contributed by atoms with E-state index in [1.807, 2.05) is 12.1 Å². The maximum atomic E-state index is 11.8. The summed E-state index contributed by atoms with van der Waals surface area (Å²) in [6.07, 6.45) is 1.21. The minimum absolute atomic E-state index is 0.231. The molecule has 0 amide bonds. The molecule has 1 saturated heterocycles. The lowest BCUT2D eigenvalue weighted by atomic mass is 10.1. The molecule has 2 aromatic rings.